The predicted molar refractivity (Wildman–Crippen MR) is 120 cm³/mol. The summed E-state index contributed by atoms with van der Waals surface area (Å²) in [6, 6.07) is 11.6. The van der Waals surface area contributed by atoms with Crippen molar-refractivity contribution in [3.8, 4) is 17.1 Å². The van der Waals surface area contributed by atoms with Crippen LogP contribution in [-0.4, -0.2) is 37.2 Å². The van der Waals surface area contributed by atoms with E-state index in [4.69, 9.17) is 0 Å². The van der Waals surface area contributed by atoms with E-state index in [1.165, 1.54) is 36.4 Å². The molecule has 1 N–H and O–H groups in total. The van der Waals surface area contributed by atoms with E-state index in [2.05, 4.69) is 35.3 Å². The van der Waals surface area contributed by atoms with Crippen LogP contribution in [-0.2, 0) is 11.6 Å². The minimum Gasteiger partial charge on any atom is -0.306 e. The molecule has 0 aliphatic carbocycles. The average molecular weight is 499 g/mol. The zero-order valence-corrected chi connectivity index (χ0v) is 19.0. The number of halogens is 4. The van der Waals surface area contributed by atoms with Gasteiger partial charge < -0.3 is 4.57 Å². The Kier molecular flexibility index (Phi) is 6.58. The number of hydrogen-bond acceptors (Lipinski definition) is 5. The van der Waals surface area contributed by atoms with Gasteiger partial charge in [0.1, 0.15) is 23.3 Å². The van der Waals surface area contributed by atoms with Gasteiger partial charge in [0.25, 0.3) is 0 Å². The van der Waals surface area contributed by atoms with Crippen molar-refractivity contribution >= 4 is 5.91 Å². The molecule has 1 amide bonds. The second-order valence-electron chi connectivity index (χ2n) is 8.41. The molecule has 0 aliphatic heterocycles. The van der Waals surface area contributed by atoms with E-state index in [-0.39, 0.29) is 17.9 Å². The molecule has 4 rings (SSSR count). The van der Waals surface area contributed by atoms with Gasteiger partial charge in [0.15, 0.2) is 11.5 Å². The molecule has 2 heterocycles. The Labute approximate surface area is 201 Å². The van der Waals surface area contributed by atoms with Gasteiger partial charge in [0.2, 0.25) is 10.0 Å². The number of nitrogens with one attached hydrogen (secondary N) is 1. The Hall–Kier alpha value is -4.51. The molecule has 0 saturated heterocycles. The number of hydrogen-bond donors (Lipinski definition) is 1. The fourth-order valence-corrected chi connectivity index (χ4v) is 3.12. The third-order valence-corrected chi connectivity index (χ3v) is 5.16. The summed E-state index contributed by atoms with van der Waals surface area (Å²) in [4.78, 5) is 23.8. The molecule has 0 fully saturated rings. The molecule has 36 heavy (non-hydrogen) atoms. The molecule has 9 nitrogen and oxygen atoms in total. The fraction of sp³-hybridized carbons (Fsp3) is 0.217. The van der Waals surface area contributed by atoms with Crippen LogP contribution in [0.1, 0.15) is 35.7 Å². The zero-order valence-electron chi connectivity index (χ0n) is 19.0. The normalized spacial score (nSPS) is 11.7. The van der Waals surface area contributed by atoms with Crippen molar-refractivity contribution < 1.29 is 22.4 Å². The van der Waals surface area contributed by atoms with Crippen LogP contribution in [0.3, 0.4) is 0 Å². The lowest BCUT2D eigenvalue weighted by atomic mass is 9.93. The van der Waals surface area contributed by atoms with Crippen molar-refractivity contribution in [2.45, 2.75) is 25.4 Å². The number of aromatic nitrogens is 5. The lowest BCUT2D eigenvalue weighted by Gasteiger charge is -2.14. The van der Waals surface area contributed by atoms with E-state index in [1.54, 1.807) is 12.1 Å². The Morgan fingerprint density at radius 2 is 1.89 bits per heavy atom. The van der Waals surface area contributed by atoms with E-state index in [0.717, 1.165) is 17.1 Å². The second kappa shape index (κ2) is 9.62. The first kappa shape index (κ1) is 24.6. The fourth-order valence-electron chi connectivity index (χ4n) is 3.12. The number of carbonyl (C=O) groups is 1. The van der Waals surface area contributed by atoms with Crippen LogP contribution in [0, 0.1) is 5.82 Å². The number of benzene rings is 2. The van der Waals surface area contributed by atoms with Crippen molar-refractivity contribution in [3.63, 3.8) is 0 Å². The largest absolute Gasteiger partial charge is 0.434 e. The molecular weight excluding hydrogens is 480 g/mol. The van der Waals surface area contributed by atoms with E-state index < -0.39 is 23.2 Å². The first-order valence-corrected chi connectivity index (χ1v) is 10.6. The highest BCUT2D eigenvalue weighted by atomic mass is 19.4. The number of carbonyl (C=O) groups excluding carboxylic acids is 1. The van der Waals surface area contributed by atoms with E-state index in [9.17, 15) is 22.4 Å². The number of amides is 1. The molecule has 184 valence electrons. The topological polar surface area (TPSA) is 115 Å². The molecular formula is C23H19F4N8O+. The number of H-pyrrole nitrogens is 1. The summed E-state index contributed by atoms with van der Waals surface area (Å²) in [6.45, 7) is 3.80. The van der Waals surface area contributed by atoms with Crippen molar-refractivity contribution in [1.29, 1.82) is 0 Å². The highest BCUT2D eigenvalue weighted by Crippen LogP contribution is 2.28. The van der Waals surface area contributed by atoms with Gasteiger partial charge in [-0.2, -0.15) is 18.3 Å². The highest BCUT2D eigenvalue weighted by Gasteiger charge is 2.33. The summed E-state index contributed by atoms with van der Waals surface area (Å²) >= 11 is 0. The predicted octanol–water partition coefficient (Wildman–Crippen LogP) is 4.90. The van der Waals surface area contributed by atoms with Gasteiger partial charge in [0.05, 0.1) is 17.3 Å². The lowest BCUT2D eigenvalue weighted by Crippen LogP contribution is -2.23. The van der Waals surface area contributed by atoms with Gasteiger partial charge in [-0.25, -0.2) is 14.4 Å². The van der Waals surface area contributed by atoms with E-state index in [1.807, 2.05) is 13.8 Å². The standard InChI is InChI=1S/C23H18F4N8O/c1-22(2,21-30-19(31-33-21)14-6-8-16(24)9-7-14)12-29-34-32-20(36)15-4-3-5-17(10-15)35-11-18(28-13-35)23(25,26)27/h3-11,13H,12H2,1-2H3/p+1. The summed E-state index contributed by atoms with van der Waals surface area (Å²) in [5.74, 6) is -0.168. The summed E-state index contributed by atoms with van der Waals surface area (Å²) in [6.07, 6.45) is -2.74. The molecule has 0 radical (unpaired) electrons. The average Bonchev–Trinajstić information content (AvgIpc) is 3.53. The number of nitrogens with zero attached hydrogens (tertiary/aromatic N) is 7. The molecule has 0 aliphatic rings. The van der Waals surface area contributed by atoms with Crippen molar-refractivity contribution in [2.24, 2.45) is 10.2 Å². The Morgan fingerprint density at radius 3 is 2.58 bits per heavy atom. The number of imidazole rings is 1. The Bertz CT molecular complexity index is 1450. The molecule has 13 heteroatoms. The van der Waals surface area contributed by atoms with Crippen LogP contribution < -0.4 is 4.91 Å². The maximum absolute atomic E-state index is 13.1. The Balaban J connectivity index is 1.43. The smallest absolute Gasteiger partial charge is 0.306 e. The van der Waals surface area contributed by atoms with Crippen LogP contribution in [0.5, 0.6) is 0 Å². The maximum atomic E-state index is 13.1. The van der Waals surface area contributed by atoms with Crippen molar-refractivity contribution in [1.82, 2.24) is 29.6 Å². The molecule has 0 bridgehead atoms. The van der Waals surface area contributed by atoms with Gasteiger partial charge in [0, 0.05) is 17.4 Å². The van der Waals surface area contributed by atoms with E-state index in [0.29, 0.717) is 22.9 Å². The third kappa shape index (κ3) is 5.58. The SMILES string of the molecule is CC(C)(CN=[N+]=NC(=O)c1cccc(-n2cnc(C(F)(F)F)c2)c1)c1nc(-c2ccc(F)cc2)n[nH]1. The van der Waals surface area contributed by atoms with Crippen molar-refractivity contribution in [2.75, 3.05) is 6.54 Å². The second-order valence-corrected chi connectivity index (χ2v) is 8.41. The summed E-state index contributed by atoms with van der Waals surface area (Å²) < 4.78 is 52.7. The van der Waals surface area contributed by atoms with Gasteiger partial charge >= 0.3 is 12.1 Å². The van der Waals surface area contributed by atoms with Crippen LogP contribution in [0.4, 0.5) is 17.6 Å². The molecule has 2 aromatic carbocycles. The minimum atomic E-state index is -4.57. The molecule has 0 saturated carbocycles. The summed E-state index contributed by atoms with van der Waals surface area (Å²) in [5, 5.41) is 14.5. The summed E-state index contributed by atoms with van der Waals surface area (Å²) in [7, 11) is 0. The molecule has 2 aromatic heterocycles. The van der Waals surface area contributed by atoms with Crippen molar-refractivity contribution in [3.05, 3.63) is 84.0 Å². The maximum Gasteiger partial charge on any atom is 0.434 e. The molecule has 0 unspecified atom stereocenters. The lowest BCUT2D eigenvalue weighted by molar-refractivity contribution is -0.140. The van der Waals surface area contributed by atoms with Crippen LogP contribution in [0.15, 0.2) is 71.3 Å². The van der Waals surface area contributed by atoms with Crippen LogP contribution in [0.25, 0.3) is 17.1 Å². The van der Waals surface area contributed by atoms with Crippen LogP contribution >= 0.6 is 0 Å². The molecule has 0 spiro atoms. The summed E-state index contributed by atoms with van der Waals surface area (Å²) in [5.41, 5.74) is -0.613. The first-order chi connectivity index (χ1) is 17.0. The monoisotopic (exact) mass is 499 g/mol. The number of rotatable bonds is 6. The number of aromatic amines is 1. The minimum absolute atomic E-state index is 0.118. The highest BCUT2D eigenvalue weighted by molar-refractivity contribution is 5.94. The van der Waals surface area contributed by atoms with Gasteiger partial charge in [-0.15, -0.1) is 0 Å². The third-order valence-electron chi connectivity index (χ3n) is 5.16. The first-order valence-electron chi connectivity index (χ1n) is 10.6. The number of alkyl halides is 3. The Morgan fingerprint density at radius 1 is 1.14 bits per heavy atom. The van der Waals surface area contributed by atoms with Crippen LogP contribution in [0.2, 0.25) is 0 Å². The quantitative estimate of drug-likeness (QED) is 0.231. The van der Waals surface area contributed by atoms with E-state index >= 15 is 0 Å². The van der Waals surface area contributed by atoms with Gasteiger partial charge in [-0.3, -0.25) is 9.89 Å². The molecule has 4 aromatic rings. The van der Waals surface area contributed by atoms with Gasteiger partial charge in [-0.05, 0) is 42.5 Å². The molecule has 0 atom stereocenters. The van der Waals surface area contributed by atoms with Gasteiger partial charge in [-0.1, -0.05) is 19.9 Å². The zero-order chi connectivity index (χ0) is 25.9.